The van der Waals surface area contributed by atoms with Gasteiger partial charge in [0.25, 0.3) is 0 Å². The van der Waals surface area contributed by atoms with Crippen molar-refractivity contribution in [3.05, 3.63) is 72.2 Å². The molecule has 3 aromatic rings. The molecule has 0 spiro atoms. The molecule has 1 amide bonds. The zero-order valence-electron chi connectivity index (χ0n) is 18.1. The number of phenolic OH excluding ortho intramolecular Hbond substituents is 1. The number of amides is 1. The number of piperidine rings is 1. The number of para-hydroxylation sites is 1. The van der Waals surface area contributed by atoms with Crippen molar-refractivity contribution in [2.45, 2.75) is 25.4 Å². The lowest BCUT2D eigenvalue weighted by Gasteiger charge is -2.36. The fourth-order valence-corrected chi connectivity index (χ4v) is 4.11. The molecule has 0 saturated carbocycles. The second kappa shape index (κ2) is 9.23. The number of nitrogen functional groups attached to an aromatic ring is 1. The van der Waals surface area contributed by atoms with E-state index in [1.807, 2.05) is 37.4 Å². The Balaban J connectivity index is 1.37. The van der Waals surface area contributed by atoms with Gasteiger partial charge in [-0.3, -0.25) is 14.9 Å². The third kappa shape index (κ3) is 4.65. The summed E-state index contributed by atoms with van der Waals surface area (Å²) in [6.45, 7) is 2.44. The van der Waals surface area contributed by atoms with Crippen molar-refractivity contribution >= 4 is 11.9 Å². The number of hydrogen-bond acceptors (Lipinski definition) is 5. The smallest absolute Gasteiger partial charge is 0.329 e. The molecule has 1 fully saturated rings. The van der Waals surface area contributed by atoms with Crippen LogP contribution >= 0.6 is 0 Å². The number of rotatable bonds is 5. The molecule has 166 valence electrons. The molecule has 8 nitrogen and oxygen atoms in total. The lowest BCUT2D eigenvalue weighted by atomic mass is 10.0. The Morgan fingerprint density at radius 2 is 1.97 bits per heavy atom. The van der Waals surface area contributed by atoms with Gasteiger partial charge >= 0.3 is 6.03 Å². The highest BCUT2D eigenvalue weighted by atomic mass is 16.3. The predicted molar refractivity (Wildman–Crippen MR) is 124 cm³/mol. The van der Waals surface area contributed by atoms with Crippen LogP contribution in [0.3, 0.4) is 0 Å². The van der Waals surface area contributed by atoms with E-state index in [2.05, 4.69) is 9.88 Å². The van der Waals surface area contributed by atoms with Crippen LogP contribution in [0.4, 0.5) is 4.79 Å². The third-order valence-corrected chi connectivity index (χ3v) is 6.06. The summed E-state index contributed by atoms with van der Waals surface area (Å²) >= 11 is 0. The van der Waals surface area contributed by atoms with E-state index in [-0.39, 0.29) is 17.9 Å². The number of aromatic hydroxyl groups is 1. The number of nitrogens with two attached hydrogens (primary N) is 1. The topological polar surface area (TPSA) is 111 Å². The van der Waals surface area contributed by atoms with Gasteiger partial charge in [-0.05, 0) is 25.0 Å². The Labute approximate surface area is 187 Å². The third-order valence-electron chi connectivity index (χ3n) is 6.06. The fourth-order valence-electron chi connectivity index (χ4n) is 4.11. The van der Waals surface area contributed by atoms with Crippen molar-refractivity contribution in [2.24, 2.45) is 5.73 Å². The van der Waals surface area contributed by atoms with Gasteiger partial charge < -0.3 is 15.7 Å². The standard InChI is InChI=1S/C24H28N6O2/c1-28(20-9-11-29(12-10-20)14-19-5-2-3-8-22(19)31)24(32)30-15-21(27-16-30)17-6-4-7-18(13-17)23(25)26/h2-8,13,15-16,20,31H,9-12,14H2,1H3,(H3,25,26). The summed E-state index contributed by atoms with van der Waals surface area (Å²) in [5, 5.41) is 17.6. The van der Waals surface area contributed by atoms with Gasteiger partial charge in [0, 0.05) is 55.6 Å². The molecule has 0 aliphatic carbocycles. The van der Waals surface area contributed by atoms with E-state index in [1.54, 1.807) is 29.3 Å². The van der Waals surface area contributed by atoms with Crippen molar-refractivity contribution < 1.29 is 9.90 Å². The Kier molecular flexibility index (Phi) is 6.23. The monoisotopic (exact) mass is 432 g/mol. The molecule has 2 heterocycles. The minimum absolute atomic E-state index is 0.00379. The SMILES string of the molecule is CN(C(=O)n1cnc(-c2cccc(C(=N)N)c2)c1)C1CCN(Cc2ccccc2O)CC1. The molecule has 1 saturated heterocycles. The van der Waals surface area contributed by atoms with Crippen LogP contribution in [-0.4, -0.2) is 62.5 Å². The van der Waals surface area contributed by atoms with Crippen LogP contribution < -0.4 is 5.73 Å². The van der Waals surface area contributed by atoms with Gasteiger partial charge in [0.2, 0.25) is 0 Å². The van der Waals surface area contributed by atoms with Gasteiger partial charge in [0.05, 0.1) is 5.69 Å². The average Bonchev–Trinajstić information content (AvgIpc) is 3.30. The van der Waals surface area contributed by atoms with Crippen LogP contribution in [0.25, 0.3) is 11.3 Å². The van der Waals surface area contributed by atoms with Crippen molar-refractivity contribution in [3.63, 3.8) is 0 Å². The molecule has 1 aliphatic rings. The van der Waals surface area contributed by atoms with E-state index in [0.717, 1.165) is 37.1 Å². The molecule has 4 N–H and O–H groups in total. The summed E-state index contributed by atoms with van der Waals surface area (Å²) in [5.74, 6) is 0.322. The largest absolute Gasteiger partial charge is 0.508 e. The number of carbonyl (C=O) groups excluding carboxylic acids is 1. The predicted octanol–water partition coefficient (Wildman–Crippen LogP) is 3.10. The molecule has 1 aliphatic heterocycles. The van der Waals surface area contributed by atoms with Crippen LogP contribution in [0.2, 0.25) is 0 Å². The number of nitrogens with zero attached hydrogens (tertiary/aromatic N) is 4. The number of aromatic nitrogens is 2. The Bertz CT molecular complexity index is 1120. The zero-order chi connectivity index (χ0) is 22.7. The van der Waals surface area contributed by atoms with Crippen LogP contribution in [0.5, 0.6) is 5.75 Å². The second-order valence-corrected chi connectivity index (χ2v) is 8.19. The van der Waals surface area contributed by atoms with Gasteiger partial charge in [-0.2, -0.15) is 0 Å². The van der Waals surface area contributed by atoms with E-state index >= 15 is 0 Å². The Hall–Kier alpha value is -3.65. The Morgan fingerprint density at radius 3 is 2.69 bits per heavy atom. The maximum atomic E-state index is 13.0. The van der Waals surface area contributed by atoms with E-state index in [1.165, 1.54) is 10.9 Å². The quantitative estimate of drug-likeness (QED) is 0.424. The molecule has 2 aromatic carbocycles. The molecular weight excluding hydrogens is 404 g/mol. The Morgan fingerprint density at radius 1 is 1.22 bits per heavy atom. The van der Waals surface area contributed by atoms with Crippen molar-refractivity contribution in [3.8, 4) is 17.0 Å². The molecular formula is C24H28N6O2. The van der Waals surface area contributed by atoms with Gasteiger partial charge in [-0.25, -0.2) is 9.78 Å². The van der Waals surface area contributed by atoms with E-state index in [0.29, 0.717) is 23.6 Å². The lowest BCUT2D eigenvalue weighted by molar-refractivity contribution is 0.131. The number of benzene rings is 2. The highest BCUT2D eigenvalue weighted by Crippen LogP contribution is 2.23. The first kappa shape index (κ1) is 21.6. The first-order valence-corrected chi connectivity index (χ1v) is 10.7. The van der Waals surface area contributed by atoms with Crippen molar-refractivity contribution in [2.75, 3.05) is 20.1 Å². The molecule has 0 bridgehead atoms. The summed E-state index contributed by atoms with van der Waals surface area (Å²) in [6.07, 6.45) is 4.99. The van der Waals surface area contributed by atoms with Crippen molar-refractivity contribution in [1.29, 1.82) is 5.41 Å². The van der Waals surface area contributed by atoms with Gasteiger partial charge in [-0.15, -0.1) is 0 Å². The molecule has 1 aromatic heterocycles. The zero-order valence-corrected chi connectivity index (χ0v) is 18.1. The second-order valence-electron chi connectivity index (χ2n) is 8.19. The normalized spacial score (nSPS) is 14.9. The summed E-state index contributed by atoms with van der Waals surface area (Å²) in [5.41, 5.74) is 8.59. The molecule has 0 unspecified atom stereocenters. The van der Waals surface area contributed by atoms with Gasteiger partial charge in [-0.1, -0.05) is 36.4 Å². The number of hydrogen-bond donors (Lipinski definition) is 3. The lowest BCUT2D eigenvalue weighted by Crippen LogP contribution is -2.46. The van der Waals surface area contributed by atoms with E-state index in [4.69, 9.17) is 11.1 Å². The number of nitrogens with one attached hydrogen (secondary N) is 1. The highest BCUT2D eigenvalue weighted by Gasteiger charge is 2.26. The first-order chi connectivity index (χ1) is 15.4. The molecule has 8 heteroatoms. The highest BCUT2D eigenvalue weighted by molar-refractivity contribution is 5.96. The molecule has 32 heavy (non-hydrogen) atoms. The van der Waals surface area contributed by atoms with Crippen LogP contribution in [0.15, 0.2) is 61.1 Å². The van der Waals surface area contributed by atoms with Crippen LogP contribution in [-0.2, 0) is 6.54 Å². The van der Waals surface area contributed by atoms with E-state index in [9.17, 15) is 9.90 Å². The number of imidazole rings is 1. The summed E-state index contributed by atoms with van der Waals surface area (Å²) in [4.78, 5) is 21.5. The van der Waals surface area contributed by atoms with Gasteiger partial charge in [0.15, 0.2) is 0 Å². The minimum atomic E-state index is -0.120. The van der Waals surface area contributed by atoms with Crippen LogP contribution in [0, 0.1) is 5.41 Å². The fraction of sp³-hybridized carbons (Fsp3) is 0.292. The molecule has 0 atom stereocenters. The molecule has 4 rings (SSSR count). The minimum Gasteiger partial charge on any atom is -0.508 e. The van der Waals surface area contributed by atoms with Gasteiger partial charge in [0.1, 0.15) is 17.9 Å². The summed E-state index contributed by atoms with van der Waals surface area (Å²) in [7, 11) is 1.84. The number of amidine groups is 1. The molecule has 0 radical (unpaired) electrons. The maximum Gasteiger partial charge on any atom is 0.329 e. The number of phenols is 1. The average molecular weight is 433 g/mol. The van der Waals surface area contributed by atoms with Crippen molar-refractivity contribution in [1.82, 2.24) is 19.4 Å². The maximum absolute atomic E-state index is 13.0. The summed E-state index contributed by atoms with van der Waals surface area (Å²) < 4.78 is 1.50. The van der Waals surface area contributed by atoms with E-state index < -0.39 is 0 Å². The number of likely N-dealkylation sites (tertiary alicyclic amines) is 1. The summed E-state index contributed by atoms with van der Waals surface area (Å²) in [6, 6.07) is 14.7. The first-order valence-electron chi connectivity index (χ1n) is 10.7. The number of carbonyl (C=O) groups is 1. The van der Waals surface area contributed by atoms with Crippen LogP contribution in [0.1, 0.15) is 24.0 Å².